The van der Waals surface area contributed by atoms with Crippen molar-refractivity contribution in [3.8, 4) is 17.2 Å². The normalized spacial score (nSPS) is 10.1. The van der Waals surface area contributed by atoms with E-state index in [4.69, 9.17) is 21.1 Å². The molecule has 0 amide bonds. The highest BCUT2D eigenvalue weighted by Crippen LogP contribution is 2.48. The molecule has 0 saturated carbocycles. The molecule has 0 bridgehead atoms. The Bertz CT molecular complexity index is 882. The highest BCUT2D eigenvalue weighted by Gasteiger charge is 2.33. The summed E-state index contributed by atoms with van der Waals surface area (Å²) in [7, 11) is 2.28. The third-order valence-electron chi connectivity index (χ3n) is 3.23. The number of carbonyl (C=O) groups is 1. The Labute approximate surface area is 151 Å². The SMILES string of the molecule is COC(=O)c1ccc(Oc2cc([N+](=O)[O-])c(OC)c([N+](=O)[O-])c2Cl)cc1. The van der Waals surface area contributed by atoms with Gasteiger partial charge in [-0.1, -0.05) is 11.6 Å². The van der Waals surface area contributed by atoms with E-state index in [1.807, 2.05) is 0 Å². The first-order chi connectivity index (χ1) is 12.3. The lowest BCUT2D eigenvalue weighted by Gasteiger charge is -2.11. The van der Waals surface area contributed by atoms with Gasteiger partial charge >= 0.3 is 17.3 Å². The largest absolute Gasteiger partial charge is 0.485 e. The molecule has 0 atom stereocenters. The van der Waals surface area contributed by atoms with Crippen molar-refractivity contribution in [3.05, 3.63) is 61.1 Å². The van der Waals surface area contributed by atoms with Gasteiger partial charge in [-0.2, -0.15) is 0 Å². The van der Waals surface area contributed by atoms with Crippen LogP contribution >= 0.6 is 11.6 Å². The van der Waals surface area contributed by atoms with Gasteiger partial charge in [0.15, 0.2) is 10.8 Å². The number of methoxy groups -OCH3 is 2. The van der Waals surface area contributed by atoms with Crippen LogP contribution in [0.25, 0.3) is 0 Å². The monoisotopic (exact) mass is 382 g/mol. The Morgan fingerprint density at radius 1 is 1.08 bits per heavy atom. The van der Waals surface area contributed by atoms with Crippen molar-refractivity contribution in [1.29, 1.82) is 0 Å². The number of carbonyl (C=O) groups excluding carboxylic acids is 1. The second-order valence-electron chi connectivity index (χ2n) is 4.72. The fourth-order valence-electron chi connectivity index (χ4n) is 2.07. The number of ether oxygens (including phenoxy) is 3. The highest BCUT2D eigenvalue weighted by atomic mass is 35.5. The van der Waals surface area contributed by atoms with Gasteiger partial charge in [-0.05, 0) is 24.3 Å². The Balaban J connectivity index is 2.51. The molecule has 26 heavy (non-hydrogen) atoms. The summed E-state index contributed by atoms with van der Waals surface area (Å²) in [6.07, 6.45) is 0. The van der Waals surface area contributed by atoms with E-state index < -0.39 is 38.0 Å². The minimum atomic E-state index is -0.901. The third kappa shape index (κ3) is 3.64. The summed E-state index contributed by atoms with van der Waals surface area (Å²) in [5.74, 6) is -1.31. The second-order valence-corrected chi connectivity index (χ2v) is 5.10. The zero-order valence-corrected chi connectivity index (χ0v) is 14.2. The van der Waals surface area contributed by atoms with Crippen LogP contribution in [0.15, 0.2) is 30.3 Å². The molecule has 0 heterocycles. The molecule has 2 aromatic carbocycles. The lowest BCUT2D eigenvalue weighted by Crippen LogP contribution is -2.02. The summed E-state index contributed by atoms with van der Waals surface area (Å²) < 4.78 is 14.7. The molecule has 0 unspecified atom stereocenters. The van der Waals surface area contributed by atoms with Crippen molar-refractivity contribution in [2.45, 2.75) is 0 Å². The van der Waals surface area contributed by atoms with Crippen LogP contribution in [-0.2, 0) is 4.74 Å². The fourth-order valence-corrected chi connectivity index (χ4v) is 2.32. The predicted molar refractivity (Wildman–Crippen MR) is 89.2 cm³/mol. The molecule has 10 nitrogen and oxygen atoms in total. The van der Waals surface area contributed by atoms with E-state index in [2.05, 4.69) is 4.74 Å². The highest BCUT2D eigenvalue weighted by molar-refractivity contribution is 6.34. The number of nitro benzene ring substituents is 2. The zero-order chi connectivity index (χ0) is 19.4. The number of hydrogen-bond acceptors (Lipinski definition) is 8. The number of hydrogen-bond donors (Lipinski definition) is 0. The fraction of sp³-hybridized carbons (Fsp3) is 0.133. The molecule has 0 saturated heterocycles. The second kappa shape index (κ2) is 7.66. The first-order valence-electron chi connectivity index (χ1n) is 6.85. The molecule has 0 aliphatic heterocycles. The van der Waals surface area contributed by atoms with Crippen molar-refractivity contribution in [3.63, 3.8) is 0 Å². The maximum absolute atomic E-state index is 11.4. The van der Waals surface area contributed by atoms with E-state index in [1.54, 1.807) is 0 Å². The van der Waals surface area contributed by atoms with E-state index in [0.29, 0.717) is 0 Å². The summed E-state index contributed by atoms with van der Waals surface area (Å²) >= 11 is 5.98. The minimum Gasteiger partial charge on any atom is -0.485 e. The average Bonchev–Trinajstić information content (AvgIpc) is 2.62. The maximum Gasteiger partial charge on any atom is 0.340 e. The number of nitro groups is 2. The van der Waals surface area contributed by atoms with Crippen molar-refractivity contribution in [2.75, 3.05) is 14.2 Å². The molecule has 0 radical (unpaired) electrons. The number of halogens is 1. The zero-order valence-electron chi connectivity index (χ0n) is 13.4. The van der Waals surface area contributed by atoms with Crippen LogP contribution in [0.3, 0.4) is 0 Å². The van der Waals surface area contributed by atoms with Crippen molar-refractivity contribution >= 4 is 28.9 Å². The van der Waals surface area contributed by atoms with Gasteiger partial charge in [0.1, 0.15) is 5.75 Å². The van der Waals surface area contributed by atoms with Gasteiger partial charge in [0.2, 0.25) is 0 Å². The Kier molecular flexibility index (Phi) is 5.58. The first kappa shape index (κ1) is 18.9. The Hall–Kier alpha value is -3.40. The number of benzene rings is 2. The molecule has 0 aliphatic rings. The van der Waals surface area contributed by atoms with Gasteiger partial charge in [-0.3, -0.25) is 20.2 Å². The van der Waals surface area contributed by atoms with E-state index in [0.717, 1.165) is 13.2 Å². The van der Waals surface area contributed by atoms with E-state index in [1.165, 1.54) is 31.4 Å². The first-order valence-corrected chi connectivity index (χ1v) is 7.23. The maximum atomic E-state index is 11.4. The molecule has 11 heteroatoms. The summed E-state index contributed by atoms with van der Waals surface area (Å²) in [5, 5.41) is 22.0. The van der Waals surface area contributed by atoms with Crippen LogP contribution < -0.4 is 9.47 Å². The molecule has 0 spiro atoms. The molecular weight excluding hydrogens is 372 g/mol. The molecule has 2 aromatic rings. The number of nitrogens with zero attached hydrogens (tertiary/aromatic N) is 2. The summed E-state index contributed by atoms with van der Waals surface area (Å²) in [4.78, 5) is 32.1. The molecule has 136 valence electrons. The average molecular weight is 383 g/mol. The number of rotatable bonds is 6. The van der Waals surface area contributed by atoms with Crippen LogP contribution in [0.2, 0.25) is 5.02 Å². The molecule has 0 aromatic heterocycles. The van der Waals surface area contributed by atoms with Crippen molar-refractivity contribution in [1.82, 2.24) is 0 Å². The van der Waals surface area contributed by atoms with E-state index >= 15 is 0 Å². The van der Waals surface area contributed by atoms with Crippen molar-refractivity contribution < 1.29 is 28.9 Å². The number of esters is 1. The van der Waals surface area contributed by atoms with Crippen LogP contribution in [0.1, 0.15) is 10.4 Å². The standard InChI is InChI=1S/C15H11ClN2O8/c1-24-14-10(17(20)21)7-11(12(16)13(14)18(22)23)26-9-5-3-8(4-6-9)15(19)25-2/h3-7H,1-2H3. The molecule has 2 rings (SSSR count). The minimum absolute atomic E-state index is 0.147. The van der Waals surface area contributed by atoms with Crippen LogP contribution in [0, 0.1) is 20.2 Å². The molecular formula is C15H11ClN2O8. The molecule has 0 aliphatic carbocycles. The summed E-state index contributed by atoms with van der Waals surface area (Å²) in [6.45, 7) is 0. The molecule has 0 fully saturated rings. The Morgan fingerprint density at radius 2 is 1.69 bits per heavy atom. The van der Waals surface area contributed by atoms with Gasteiger partial charge in [-0.15, -0.1) is 0 Å². The van der Waals surface area contributed by atoms with Crippen LogP contribution in [0.4, 0.5) is 11.4 Å². The topological polar surface area (TPSA) is 131 Å². The van der Waals surface area contributed by atoms with Crippen LogP contribution in [-0.4, -0.2) is 30.0 Å². The summed E-state index contributed by atoms with van der Waals surface area (Å²) in [6, 6.07) is 6.46. The van der Waals surface area contributed by atoms with Crippen molar-refractivity contribution in [2.24, 2.45) is 0 Å². The van der Waals surface area contributed by atoms with Gasteiger partial charge in [-0.25, -0.2) is 4.79 Å². The lowest BCUT2D eigenvalue weighted by atomic mass is 10.2. The predicted octanol–water partition coefficient (Wildman–Crippen LogP) is 3.74. The quantitative estimate of drug-likeness (QED) is 0.419. The summed E-state index contributed by atoms with van der Waals surface area (Å²) in [5.41, 5.74) is -1.22. The van der Waals surface area contributed by atoms with Gasteiger partial charge in [0.05, 0.1) is 35.7 Å². The lowest BCUT2D eigenvalue weighted by molar-refractivity contribution is -0.395. The Morgan fingerprint density at radius 3 is 2.15 bits per heavy atom. The molecule has 0 N–H and O–H groups in total. The van der Waals surface area contributed by atoms with Gasteiger partial charge in [0, 0.05) is 0 Å². The van der Waals surface area contributed by atoms with E-state index in [-0.39, 0.29) is 17.1 Å². The van der Waals surface area contributed by atoms with Gasteiger partial charge in [0.25, 0.3) is 5.75 Å². The third-order valence-corrected chi connectivity index (χ3v) is 3.59. The van der Waals surface area contributed by atoms with Crippen LogP contribution in [0.5, 0.6) is 17.2 Å². The van der Waals surface area contributed by atoms with E-state index in [9.17, 15) is 25.0 Å². The smallest absolute Gasteiger partial charge is 0.340 e. The van der Waals surface area contributed by atoms with Gasteiger partial charge < -0.3 is 14.2 Å².